The van der Waals surface area contributed by atoms with E-state index in [0.29, 0.717) is 23.3 Å². The highest BCUT2D eigenvalue weighted by Gasteiger charge is 2.18. The van der Waals surface area contributed by atoms with Crippen LogP contribution >= 0.6 is 0 Å². The molecule has 1 aromatic heterocycles. The van der Waals surface area contributed by atoms with Crippen LogP contribution in [0.3, 0.4) is 0 Å². The van der Waals surface area contributed by atoms with E-state index in [9.17, 15) is 18.4 Å². The van der Waals surface area contributed by atoms with E-state index in [0.717, 1.165) is 12.8 Å². The Balaban J connectivity index is 1.66. The first kappa shape index (κ1) is 17.1. The van der Waals surface area contributed by atoms with Crippen LogP contribution in [-0.4, -0.2) is 22.1 Å². The first-order valence-electron chi connectivity index (χ1n) is 8.41. The van der Waals surface area contributed by atoms with Gasteiger partial charge < -0.3 is 10.1 Å². The second kappa shape index (κ2) is 6.79. The van der Waals surface area contributed by atoms with Gasteiger partial charge in [0, 0.05) is 18.5 Å². The number of nitrogens with zero attached hydrogens (tertiary/aromatic N) is 2. The number of carbonyl (C=O) groups excluding carboxylic acids is 1. The van der Waals surface area contributed by atoms with Crippen molar-refractivity contribution < 1.29 is 18.3 Å². The Morgan fingerprint density at radius 1 is 1.22 bits per heavy atom. The highest BCUT2D eigenvalue weighted by atomic mass is 19.3. The third-order valence-corrected chi connectivity index (χ3v) is 4.43. The van der Waals surface area contributed by atoms with Gasteiger partial charge in [-0.2, -0.15) is 8.78 Å². The first-order chi connectivity index (χ1) is 13.0. The smallest absolute Gasteiger partial charge is 0.387 e. The molecule has 0 fully saturated rings. The topological polar surface area (TPSA) is 73.2 Å². The average molecular weight is 371 g/mol. The van der Waals surface area contributed by atoms with Crippen LogP contribution in [0.4, 0.5) is 14.5 Å². The van der Waals surface area contributed by atoms with Gasteiger partial charge in [-0.25, -0.2) is 4.98 Å². The highest BCUT2D eigenvalue weighted by Crippen LogP contribution is 2.26. The van der Waals surface area contributed by atoms with Gasteiger partial charge in [-0.15, -0.1) is 0 Å². The van der Waals surface area contributed by atoms with Gasteiger partial charge in [-0.3, -0.25) is 14.2 Å². The molecule has 0 spiro atoms. The first-order valence-corrected chi connectivity index (χ1v) is 8.41. The number of fused-ring (bicyclic) bond motifs is 2. The summed E-state index contributed by atoms with van der Waals surface area (Å²) in [7, 11) is 0. The number of rotatable bonds is 4. The minimum Gasteiger partial charge on any atom is -0.433 e. The molecule has 1 aliphatic heterocycles. The van der Waals surface area contributed by atoms with Crippen LogP contribution in [0.1, 0.15) is 22.6 Å². The fourth-order valence-electron chi connectivity index (χ4n) is 3.19. The number of hydrogen-bond acceptors (Lipinski definition) is 4. The van der Waals surface area contributed by atoms with Gasteiger partial charge in [-0.05, 0) is 36.8 Å². The van der Waals surface area contributed by atoms with E-state index in [1.807, 2.05) is 0 Å². The van der Waals surface area contributed by atoms with Crippen LogP contribution in [-0.2, 0) is 13.0 Å². The average Bonchev–Trinajstić information content (AvgIpc) is 3.11. The van der Waals surface area contributed by atoms with E-state index in [1.165, 1.54) is 30.3 Å². The molecule has 0 saturated heterocycles. The molecule has 0 saturated carbocycles. The molecule has 4 rings (SSSR count). The lowest BCUT2D eigenvalue weighted by molar-refractivity contribution is -0.0493. The van der Waals surface area contributed by atoms with Crippen LogP contribution in [0.2, 0.25) is 0 Å². The Hall–Kier alpha value is -3.29. The maximum atomic E-state index is 12.5. The third-order valence-electron chi connectivity index (χ3n) is 4.43. The number of alkyl halides is 2. The summed E-state index contributed by atoms with van der Waals surface area (Å²) < 4.78 is 31.1. The summed E-state index contributed by atoms with van der Waals surface area (Å²) in [5, 5.41) is 3.00. The molecule has 6 nitrogen and oxygen atoms in total. The van der Waals surface area contributed by atoms with E-state index >= 15 is 0 Å². The lowest BCUT2D eigenvalue weighted by Gasteiger charge is -2.12. The van der Waals surface area contributed by atoms with E-state index < -0.39 is 12.5 Å². The monoisotopic (exact) mass is 371 g/mol. The number of ether oxygens (including phenoxy) is 1. The van der Waals surface area contributed by atoms with E-state index in [4.69, 9.17) is 0 Å². The molecule has 3 aromatic rings. The Bertz CT molecular complexity index is 1100. The van der Waals surface area contributed by atoms with Crippen molar-refractivity contribution in [3.8, 4) is 5.75 Å². The van der Waals surface area contributed by atoms with Gasteiger partial charge in [0.1, 0.15) is 11.6 Å². The van der Waals surface area contributed by atoms with Gasteiger partial charge in [0.15, 0.2) is 0 Å². The van der Waals surface area contributed by atoms with Crippen LogP contribution in [0.5, 0.6) is 5.75 Å². The Morgan fingerprint density at radius 3 is 2.85 bits per heavy atom. The van der Waals surface area contributed by atoms with Crippen molar-refractivity contribution in [2.45, 2.75) is 26.0 Å². The van der Waals surface area contributed by atoms with Crippen LogP contribution < -0.4 is 15.6 Å². The number of carbonyl (C=O) groups is 1. The van der Waals surface area contributed by atoms with Crippen LogP contribution in [0.15, 0.2) is 47.3 Å². The van der Waals surface area contributed by atoms with Crippen molar-refractivity contribution in [2.75, 3.05) is 5.32 Å². The number of hydrogen-bond donors (Lipinski definition) is 1. The molecular weight excluding hydrogens is 356 g/mol. The second-order valence-corrected chi connectivity index (χ2v) is 6.15. The standard InChI is InChI=1S/C19H15F2N3O3/c20-19(21)27-15-5-2-1-4-13(15)23-17(25)11-7-8-12-14(10-11)22-16-6-3-9-24(16)18(12)26/h1-2,4-5,7-8,10,19H,3,6,9H2,(H,23,25). The number of aryl methyl sites for hydroxylation is 1. The van der Waals surface area contributed by atoms with Crippen LogP contribution in [0, 0.1) is 0 Å². The predicted molar refractivity (Wildman–Crippen MR) is 95.4 cm³/mol. The van der Waals surface area contributed by atoms with Crippen molar-refractivity contribution >= 4 is 22.5 Å². The SMILES string of the molecule is O=C(Nc1ccccc1OC(F)F)c1ccc2c(=O)n3c(nc2c1)CCC3. The zero-order valence-electron chi connectivity index (χ0n) is 14.1. The molecule has 1 N–H and O–H groups in total. The van der Waals surface area contributed by atoms with Crippen molar-refractivity contribution in [2.24, 2.45) is 0 Å². The number of nitrogens with one attached hydrogen (secondary N) is 1. The Labute approximate surface area is 152 Å². The highest BCUT2D eigenvalue weighted by molar-refractivity contribution is 6.06. The minimum atomic E-state index is -3.00. The zero-order valence-corrected chi connectivity index (χ0v) is 14.1. The summed E-state index contributed by atoms with van der Waals surface area (Å²) in [6.45, 7) is -2.34. The maximum Gasteiger partial charge on any atom is 0.387 e. The predicted octanol–water partition coefficient (Wildman–Crippen LogP) is 3.20. The van der Waals surface area contributed by atoms with Crippen LogP contribution in [0.25, 0.3) is 10.9 Å². The van der Waals surface area contributed by atoms with E-state index in [-0.39, 0.29) is 22.6 Å². The van der Waals surface area contributed by atoms with E-state index in [2.05, 4.69) is 15.0 Å². The summed E-state index contributed by atoms with van der Waals surface area (Å²) in [6, 6.07) is 10.5. The molecule has 0 bridgehead atoms. The summed E-state index contributed by atoms with van der Waals surface area (Å²) >= 11 is 0. The normalized spacial score (nSPS) is 13.0. The molecule has 2 aromatic carbocycles. The van der Waals surface area contributed by atoms with E-state index in [1.54, 1.807) is 16.7 Å². The molecule has 2 heterocycles. The summed E-state index contributed by atoms with van der Waals surface area (Å²) in [6.07, 6.45) is 1.59. The molecule has 1 amide bonds. The number of anilines is 1. The van der Waals surface area contributed by atoms with Crippen molar-refractivity contribution in [1.29, 1.82) is 0 Å². The minimum absolute atomic E-state index is 0.116. The molecule has 0 radical (unpaired) electrons. The zero-order chi connectivity index (χ0) is 19.0. The Kier molecular flexibility index (Phi) is 4.31. The number of halogens is 2. The number of para-hydroxylation sites is 2. The van der Waals surface area contributed by atoms with Crippen molar-refractivity contribution in [3.63, 3.8) is 0 Å². The number of benzene rings is 2. The van der Waals surface area contributed by atoms with Gasteiger partial charge in [-0.1, -0.05) is 12.1 Å². The molecule has 27 heavy (non-hydrogen) atoms. The maximum absolute atomic E-state index is 12.5. The molecule has 1 aliphatic rings. The van der Waals surface area contributed by atoms with Crippen molar-refractivity contribution in [3.05, 3.63) is 64.2 Å². The largest absolute Gasteiger partial charge is 0.433 e. The quantitative estimate of drug-likeness (QED) is 0.764. The molecule has 0 atom stereocenters. The fraction of sp³-hybridized carbons (Fsp3) is 0.211. The summed E-state index contributed by atoms with van der Waals surface area (Å²) in [5.41, 5.74) is 0.724. The number of amides is 1. The summed E-state index contributed by atoms with van der Waals surface area (Å²) in [4.78, 5) is 29.5. The van der Waals surface area contributed by atoms with Gasteiger partial charge in [0.25, 0.3) is 11.5 Å². The van der Waals surface area contributed by atoms with Gasteiger partial charge in [0.2, 0.25) is 0 Å². The molecule has 8 heteroatoms. The number of aromatic nitrogens is 2. The Morgan fingerprint density at radius 2 is 2.04 bits per heavy atom. The summed E-state index contributed by atoms with van der Waals surface area (Å²) in [5.74, 6) is 0.0705. The van der Waals surface area contributed by atoms with Crippen molar-refractivity contribution in [1.82, 2.24) is 9.55 Å². The lowest BCUT2D eigenvalue weighted by Crippen LogP contribution is -2.21. The molecule has 0 unspecified atom stereocenters. The fourth-order valence-corrected chi connectivity index (χ4v) is 3.19. The third kappa shape index (κ3) is 3.25. The van der Waals surface area contributed by atoms with Gasteiger partial charge >= 0.3 is 6.61 Å². The molecule has 0 aliphatic carbocycles. The second-order valence-electron chi connectivity index (χ2n) is 6.15. The lowest BCUT2D eigenvalue weighted by atomic mass is 10.1. The van der Waals surface area contributed by atoms with Gasteiger partial charge in [0.05, 0.1) is 16.6 Å². The molecular formula is C19H15F2N3O3. The molecule has 138 valence electrons.